The van der Waals surface area contributed by atoms with Crippen molar-refractivity contribution in [3.8, 4) is 11.5 Å². The van der Waals surface area contributed by atoms with Crippen LogP contribution in [0.1, 0.15) is 43.0 Å². The Morgan fingerprint density at radius 1 is 1.02 bits per heavy atom. The Bertz CT molecular complexity index is 1420. The van der Waals surface area contributed by atoms with Gasteiger partial charge in [-0.25, -0.2) is 4.98 Å². The van der Waals surface area contributed by atoms with Crippen LogP contribution < -0.4 is 20.7 Å². The molecule has 2 amide bonds. The zero-order chi connectivity index (χ0) is 29.0. The topological polar surface area (TPSA) is 95.6 Å². The van der Waals surface area contributed by atoms with E-state index in [1.807, 2.05) is 23.1 Å². The highest BCUT2D eigenvalue weighted by atomic mass is 19.4. The number of ether oxygens (including phenoxy) is 1. The number of halogens is 3. The Balaban J connectivity index is 0.00000405. The largest absolute Gasteiger partial charge is 0.457 e. The Morgan fingerprint density at radius 3 is 2.52 bits per heavy atom. The van der Waals surface area contributed by atoms with Crippen molar-refractivity contribution in [2.24, 2.45) is 5.92 Å². The van der Waals surface area contributed by atoms with Crippen LogP contribution in [0.4, 0.5) is 24.7 Å². The number of hydrogen-bond acceptors (Lipinski definition) is 6. The van der Waals surface area contributed by atoms with Crippen LogP contribution in [0.15, 0.2) is 54.7 Å². The van der Waals surface area contributed by atoms with Crippen molar-refractivity contribution in [3.63, 3.8) is 0 Å². The number of rotatable bonds is 7. The van der Waals surface area contributed by atoms with Crippen molar-refractivity contribution in [2.75, 3.05) is 36.8 Å². The van der Waals surface area contributed by atoms with Gasteiger partial charge in [0, 0.05) is 63.5 Å². The number of carbonyl (C=O) groups is 2. The summed E-state index contributed by atoms with van der Waals surface area (Å²) in [7, 11) is 0. The van der Waals surface area contributed by atoms with Crippen molar-refractivity contribution < 1.29 is 27.5 Å². The number of nitrogens with one attached hydrogen (secondary N) is 3. The predicted molar refractivity (Wildman–Crippen MR) is 156 cm³/mol. The number of anilines is 2. The van der Waals surface area contributed by atoms with Crippen LogP contribution in [-0.2, 0) is 35.2 Å². The molecule has 224 valence electrons. The summed E-state index contributed by atoms with van der Waals surface area (Å²) in [5.74, 6) is 0.497. The molecular weight excluding hydrogens is 547 g/mol. The molecule has 8 nitrogen and oxygen atoms in total. The van der Waals surface area contributed by atoms with Gasteiger partial charge in [0.1, 0.15) is 17.3 Å². The Labute approximate surface area is 243 Å². The summed E-state index contributed by atoms with van der Waals surface area (Å²) in [6, 6.07) is 13.0. The van der Waals surface area contributed by atoms with Gasteiger partial charge < -0.3 is 20.7 Å². The summed E-state index contributed by atoms with van der Waals surface area (Å²) in [4.78, 5) is 30.6. The summed E-state index contributed by atoms with van der Waals surface area (Å²) in [5.41, 5.74) is 1.68. The number of piperazine rings is 1. The molecule has 1 aliphatic carbocycles. The van der Waals surface area contributed by atoms with E-state index >= 15 is 0 Å². The number of benzene rings is 2. The lowest BCUT2D eigenvalue weighted by molar-refractivity contribution is -0.138. The third kappa shape index (κ3) is 7.86. The van der Waals surface area contributed by atoms with E-state index in [0.717, 1.165) is 30.3 Å². The molecule has 2 heterocycles. The fraction of sp³-hybridized carbons (Fsp3) is 0.387. The molecule has 1 aromatic heterocycles. The third-order valence-electron chi connectivity index (χ3n) is 7.33. The van der Waals surface area contributed by atoms with Crippen molar-refractivity contribution in [1.29, 1.82) is 0 Å². The quantitative estimate of drug-likeness (QED) is 0.334. The van der Waals surface area contributed by atoms with Gasteiger partial charge >= 0.3 is 6.18 Å². The first-order valence-corrected chi connectivity index (χ1v) is 13.6. The minimum Gasteiger partial charge on any atom is -0.457 e. The number of hydrogen-bond donors (Lipinski definition) is 3. The molecule has 0 radical (unpaired) electrons. The first kappa shape index (κ1) is 31.0. The van der Waals surface area contributed by atoms with Gasteiger partial charge in [0.25, 0.3) is 0 Å². The summed E-state index contributed by atoms with van der Waals surface area (Å²) >= 11 is 0. The highest BCUT2D eigenvalue weighted by Gasteiger charge is 2.34. The molecular formula is C31H36F3N5O3. The fourth-order valence-electron chi connectivity index (χ4n) is 5.29. The zero-order valence-electron chi connectivity index (χ0n) is 22.7. The van der Waals surface area contributed by atoms with E-state index in [0.29, 0.717) is 49.7 Å². The first-order valence-electron chi connectivity index (χ1n) is 13.6. The average molecular weight is 584 g/mol. The maximum atomic E-state index is 13.9. The number of aromatic nitrogens is 1. The number of alkyl halides is 3. The molecule has 3 N–H and O–H groups in total. The molecule has 2 aromatic carbocycles. The minimum atomic E-state index is -4.53. The highest BCUT2D eigenvalue weighted by molar-refractivity contribution is 5.93. The second-order valence-electron chi connectivity index (χ2n) is 10.4. The van der Waals surface area contributed by atoms with Gasteiger partial charge in [-0.3, -0.25) is 14.5 Å². The molecule has 1 unspecified atom stereocenters. The van der Waals surface area contributed by atoms with Gasteiger partial charge in [-0.15, -0.1) is 0 Å². The van der Waals surface area contributed by atoms with Crippen molar-refractivity contribution in [2.45, 2.75) is 46.3 Å². The van der Waals surface area contributed by atoms with Crippen LogP contribution in [0.2, 0.25) is 0 Å². The third-order valence-corrected chi connectivity index (χ3v) is 7.33. The molecule has 1 saturated heterocycles. The maximum Gasteiger partial charge on any atom is 0.416 e. The van der Waals surface area contributed by atoms with E-state index in [4.69, 9.17) is 4.74 Å². The molecule has 3 aromatic rings. The number of nitrogens with zero attached hydrogens (tertiary/aromatic N) is 2. The van der Waals surface area contributed by atoms with Crippen molar-refractivity contribution in [1.82, 2.24) is 15.2 Å². The summed E-state index contributed by atoms with van der Waals surface area (Å²) in [6.45, 7) is 4.47. The molecule has 42 heavy (non-hydrogen) atoms. The summed E-state index contributed by atoms with van der Waals surface area (Å²) in [6.07, 6.45) is -1.29. The Morgan fingerprint density at radius 2 is 1.79 bits per heavy atom. The van der Waals surface area contributed by atoms with Gasteiger partial charge in [-0.1, -0.05) is 19.6 Å². The standard InChI is InChI=1S/C30H32F3N5O3.CH4/c1-19(39)36-28-17-26(8-9-35-28)41-25-7-5-20-2-3-21(14-23(20)15-25)29(40)37-24-6-4-22(27(16-24)30(31,32)33)18-38-12-10-34-11-13-38;/h4-9,15-17,21,34H,2-3,10-14,18H2,1H3,(H,37,40)(H,35,36,39);1H4. The number of aryl methyl sites for hydroxylation is 1. The van der Waals surface area contributed by atoms with Gasteiger partial charge in [0.05, 0.1) is 5.56 Å². The maximum absolute atomic E-state index is 13.9. The molecule has 1 atom stereocenters. The Kier molecular flexibility index (Phi) is 9.85. The number of fused-ring (bicyclic) bond motifs is 1. The van der Waals surface area contributed by atoms with Gasteiger partial charge in [-0.05, 0) is 66.3 Å². The number of carbonyl (C=O) groups excluding carboxylic acids is 2. The van der Waals surface area contributed by atoms with E-state index in [-0.39, 0.29) is 43.0 Å². The molecule has 11 heteroatoms. The van der Waals surface area contributed by atoms with Gasteiger partial charge in [0.2, 0.25) is 11.8 Å². The lowest BCUT2D eigenvalue weighted by atomic mass is 9.83. The SMILES string of the molecule is C.CC(=O)Nc1cc(Oc2ccc3c(c2)CC(C(=O)Nc2ccc(CN4CCNCC4)c(C(F)(F)F)c2)CC3)ccn1. The predicted octanol–water partition coefficient (Wildman–Crippen LogP) is 5.64. The highest BCUT2D eigenvalue weighted by Crippen LogP contribution is 2.36. The fourth-order valence-corrected chi connectivity index (χ4v) is 5.29. The first-order chi connectivity index (χ1) is 19.6. The number of pyridine rings is 1. The van der Waals surface area contributed by atoms with E-state index in [9.17, 15) is 22.8 Å². The van der Waals surface area contributed by atoms with E-state index < -0.39 is 11.7 Å². The number of amides is 2. The molecule has 1 aliphatic heterocycles. The smallest absolute Gasteiger partial charge is 0.416 e. The van der Waals surface area contributed by atoms with E-state index in [1.54, 1.807) is 18.2 Å². The van der Waals surface area contributed by atoms with E-state index in [2.05, 4.69) is 20.9 Å². The average Bonchev–Trinajstić information content (AvgIpc) is 2.93. The van der Waals surface area contributed by atoms with Crippen LogP contribution in [0.3, 0.4) is 0 Å². The second-order valence-corrected chi connectivity index (χ2v) is 10.4. The van der Waals surface area contributed by atoms with Crippen molar-refractivity contribution in [3.05, 3.63) is 77.0 Å². The molecule has 5 rings (SSSR count). The molecule has 2 aliphatic rings. The second kappa shape index (κ2) is 13.3. The summed E-state index contributed by atoms with van der Waals surface area (Å²) in [5, 5.41) is 8.54. The van der Waals surface area contributed by atoms with Crippen LogP contribution in [0.25, 0.3) is 0 Å². The van der Waals surface area contributed by atoms with Crippen LogP contribution >= 0.6 is 0 Å². The van der Waals surface area contributed by atoms with Crippen LogP contribution in [0, 0.1) is 5.92 Å². The molecule has 0 saturated carbocycles. The van der Waals surface area contributed by atoms with Crippen molar-refractivity contribution >= 4 is 23.3 Å². The minimum absolute atomic E-state index is 0. The molecule has 0 spiro atoms. The Hall–Kier alpha value is -3.96. The monoisotopic (exact) mass is 583 g/mol. The zero-order valence-corrected chi connectivity index (χ0v) is 22.7. The van der Waals surface area contributed by atoms with Gasteiger partial charge in [-0.2, -0.15) is 13.2 Å². The van der Waals surface area contributed by atoms with Crippen LogP contribution in [-0.4, -0.2) is 47.9 Å². The molecule has 1 fully saturated rings. The normalized spacial score (nSPS) is 17.0. The lowest BCUT2D eigenvalue weighted by Crippen LogP contribution is -2.43. The molecule has 0 bridgehead atoms. The summed E-state index contributed by atoms with van der Waals surface area (Å²) < 4.78 is 47.8. The van der Waals surface area contributed by atoms with Gasteiger partial charge in [0.15, 0.2) is 0 Å². The lowest BCUT2D eigenvalue weighted by Gasteiger charge is -2.28. The van der Waals surface area contributed by atoms with Crippen LogP contribution in [0.5, 0.6) is 11.5 Å². The van der Waals surface area contributed by atoms with E-state index in [1.165, 1.54) is 19.2 Å².